The molecule has 2 atom stereocenters. The first-order valence-corrected chi connectivity index (χ1v) is 11.7. The first kappa shape index (κ1) is 24.6. The number of hydrogen-bond donors (Lipinski definition) is 4. The zero-order chi connectivity index (χ0) is 22.6. The first-order valence-electron chi connectivity index (χ1n) is 10.5. The first-order chi connectivity index (χ1) is 14.9. The van der Waals surface area contributed by atoms with Crippen molar-refractivity contribution in [1.29, 1.82) is 0 Å². The van der Waals surface area contributed by atoms with Crippen molar-refractivity contribution in [3.05, 3.63) is 59.7 Å². The van der Waals surface area contributed by atoms with Crippen molar-refractivity contribution >= 4 is 23.7 Å². The van der Waals surface area contributed by atoms with Crippen molar-refractivity contribution in [2.24, 2.45) is 0 Å². The molecule has 168 valence electrons. The Hall–Kier alpha value is -2.67. The normalized spacial score (nSPS) is 12.9. The van der Waals surface area contributed by atoms with Crippen molar-refractivity contribution in [3.8, 4) is 11.5 Å². The van der Waals surface area contributed by atoms with Gasteiger partial charge in [-0.05, 0) is 49.3 Å². The van der Waals surface area contributed by atoms with Crippen LogP contribution in [-0.2, 0) is 9.59 Å². The summed E-state index contributed by atoms with van der Waals surface area (Å²) in [5, 5.41) is 38.7. The van der Waals surface area contributed by atoms with Crippen LogP contribution in [0.15, 0.2) is 48.5 Å². The number of carboxylic acids is 2. The van der Waals surface area contributed by atoms with E-state index < -0.39 is 23.8 Å². The lowest BCUT2D eigenvalue weighted by Gasteiger charge is -2.14. The zero-order valence-corrected chi connectivity index (χ0v) is 18.3. The lowest BCUT2D eigenvalue weighted by Crippen LogP contribution is -2.12. The van der Waals surface area contributed by atoms with Gasteiger partial charge in [-0.2, -0.15) is 11.8 Å². The number of phenols is 2. The van der Waals surface area contributed by atoms with E-state index in [9.17, 15) is 30.0 Å². The molecule has 4 N–H and O–H groups in total. The summed E-state index contributed by atoms with van der Waals surface area (Å²) in [5.41, 5.74) is 0.917. The molecule has 0 aliphatic heterocycles. The Balaban J connectivity index is 1.64. The van der Waals surface area contributed by atoms with Crippen molar-refractivity contribution in [2.75, 3.05) is 11.5 Å². The smallest absolute Gasteiger partial charge is 0.311 e. The van der Waals surface area contributed by atoms with Gasteiger partial charge in [-0.3, -0.25) is 9.59 Å². The third kappa shape index (κ3) is 7.83. The minimum atomic E-state index is -0.924. The molecule has 2 rings (SSSR count). The van der Waals surface area contributed by atoms with Crippen LogP contribution in [0.5, 0.6) is 11.5 Å². The molecule has 0 radical (unpaired) electrons. The maximum absolute atomic E-state index is 11.5. The van der Waals surface area contributed by atoms with Crippen LogP contribution in [-0.4, -0.2) is 43.9 Å². The highest BCUT2D eigenvalue weighted by atomic mass is 32.2. The lowest BCUT2D eigenvalue weighted by molar-refractivity contribution is -0.140. The van der Waals surface area contributed by atoms with Gasteiger partial charge in [0.15, 0.2) is 0 Å². The van der Waals surface area contributed by atoms with E-state index in [0.717, 1.165) is 37.2 Å². The number of carboxylic acid groups (broad SMARTS) is 2. The van der Waals surface area contributed by atoms with Crippen LogP contribution in [0.3, 0.4) is 0 Å². The molecular formula is C24H30O6S. The summed E-state index contributed by atoms with van der Waals surface area (Å²) in [6, 6.07) is 13.1. The van der Waals surface area contributed by atoms with Crippen molar-refractivity contribution in [3.63, 3.8) is 0 Å². The highest BCUT2D eigenvalue weighted by molar-refractivity contribution is 7.99. The Morgan fingerprint density at radius 1 is 0.677 bits per heavy atom. The molecule has 2 aromatic carbocycles. The van der Waals surface area contributed by atoms with E-state index in [2.05, 4.69) is 0 Å². The zero-order valence-electron chi connectivity index (χ0n) is 17.4. The molecule has 0 aromatic heterocycles. The number of carbonyl (C=O) groups is 2. The summed E-state index contributed by atoms with van der Waals surface area (Å²) in [6.07, 6.45) is 4.25. The Morgan fingerprint density at radius 2 is 1.06 bits per heavy atom. The summed E-state index contributed by atoms with van der Waals surface area (Å²) in [5.74, 6) is -1.38. The van der Waals surface area contributed by atoms with Crippen molar-refractivity contribution < 1.29 is 30.0 Å². The number of benzene rings is 2. The van der Waals surface area contributed by atoms with Gasteiger partial charge >= 0.3 is 11.9 Å². The molecule has 0 saturated heterocycles. The van der Waals surface area contributed by atoms with Crippen LogP contribution in [0, 0.1) is 0 Å². The number of unbranched alkanes of at least 4 members (excludes halogenated alkanes) is 2. The third-order valence-corrected chi connectivity index (χ3v) is 6.44. The van der Waals surface area contributed by atoms with Crippen LogP contribution in [0.4, 0.5) is 0 Å². The molecule has 6 nitrogen and oxygen atoms in total. The van der Waals surface area contributed by atoms with Crippen LogP contribution in [0.25, 0.3) is 0 Å². The van der Waals surface area contributed by atoms with E-state index in [1.54, 1.807) is 48.2 Å². The van der Waals surface area contributed by atoms with Gasteiger partial charge in [-0.25, -0.2) is 0 Å². The molecular weight excluding hydrogens is 416 g/mol. The molecule has 0 fully saturated rings. The van der Waals surface area contributed by atoms with Crippen molar-refractivity contribution in [1.82, 2.24) is 0 Å². The molecule has 0 aliphatic rings. The van der Waals surface area contributed by atoms with Gasteiger partial charge in [0, 0.05) is 11.1 Å². The van der Waals surface area contributed by atoms with Crippen LogP contribution in [0.2, 0.25) is 0 Å². The molecule has 2 unspecified atom stereocenters. The summed E-state index contributed by atoms with van der Waals surface area (Å²) in [6.45, 7) is 0. The molecule has 0 saturated carbocycles. The minimum Gasteiger partial charge on any atom is -0.508 e. The predicted octanol–water partition coefficient (Wildman–Crippen LogP) is 5.21. The van der Waals surface area contributed by atoms with E-state index in [-0.39, 0.29) is 11.5 Å². The fourth-order valence-corrected chi connectivity index (χ4v) is 4.62. The monoisotopic (exact) mass is 446 g/mol. The predicted molar refractivity (Wildman–Crippen MR) is 122 cm³/mol. The molecule has 0 spiro atoms. The molecule has 2 aromatic rings. The number of phenolic OH excluding ortho intramolecular Hbond substituents is 2. The average molecular weight is 447 g/mol. The van der Waals surface area contributed by atoms with E-state index in [1.165, 1.54) is 12.1 Å². The van der Waals surface area contributed by atoms with Crippen LogP contribution < -0.4 is 0 Å². The van der Waals surface area contributed by atoms with Gasteiger partial charge in [-0.15, -0.1) is 0 Å². The molecule has 0 amide bonds. The van der Waals surface area contributed by atoms with Crippen molar-refractivity contribution in [2.45, 2.75) is 50.4 Å². The number of hydrogen-bond acceptors (Lipinski definition) is 5. The Labute approximate surface area is 186 Å². The summed E-state index contributed by atoms with van der Waals surface area (Å²) < 4.78 is 0. The summed E-state index contributed by atoms with van der Waals surface area (Å²) >= 11 is 1.78. The fraction of sp³-hybridized carbons (Fsp3) is 0.417. The number of thioether (sulfide) groups is 1. The second-order valence-corrected chi connectivity index (χ2v) is 8.73. The second kappa shape index (κ2) is 12.9. The maximum atomic E-state index is 11.5. The van der Waals surface area contributed by atoms with Gasteiger partial charge in [-0.1, -0.05) is 49.2 Å². The van der Waals surface area contributed by atoms with Gasteiger partial charge < -0.3 is 20.4 Å². The SMILES string of the molecule is O=C(O)C(CCCCSCCCCC(C(=O)O)c1ccccc1O)c1ccccc1O. The Morgan fingerprint density at radius 3 is 1.42 bits per heavy atom. The molecule has 0 aliphatic carbocycles. The summed E-state index contributed by atoms with van der Waals surface area (Å²) in [4.78, 5) is 23.1. The summed E-state index contributed by atoms with van der Waals surface area (Å²) in [7, 11) is 0. The largest absolute Gasteiger partial charge is 0.508 e. The second-order valence-electron chi connectivity index (χ2n) is 7.50. The van der Waals surface area contributed by atoms with Crippen LogP contribution in [0.1, 0.15) is 61.5 Å². The number of aromatic hydroxyl groups is 2. The third-order valence-electron chi connectivity index (χ3n) is 5.28. The average Bonchev–Trinajstić information content (AvgIpc) is 2.73. The topological polar surface area (TPSA) is 115 Å². The quantitative estimate of drug-likeness (QED) is 0.295. The Kier molecular flexibility index (Phi) is 10.2. The molecule has 7 heteroatoms. The number of aliphatic carboxylic acids is 2. The highest BCUT2D eigenvalue weighted by Gasteiger charge is 2.23. The Bertz CT molecular complexity index is 784. The fourth-order valence-electron chi connectivity index (χ4n) is 3.60. The van der Waals surface area contributed by atoms with Gasteiger partial charge in [0.25, 0.3) is 0 Å². The van der Waals surface area contributed by atoms with Gasteiger partial charge in [0.1, 0.15) is 11.5 Å². The van der Waals surface area contributed by atoms with Gasteiger partial charge in [0.2, 0.25) is 0 Å². The molecule has 31 heavy (non-hydrogen) atoms. The minimum absolute atomic E-state index is 0.0211. The molecule has 0 heterocycles. The van der Waals surface area contributed by atoms with E-state index >= 15 is 0 Å². The van der Waals surface area contributed by atoms with E-state index in [0.29, 0.717) is 24.0 Å². The maximum Gasteiger partial charge on any atom is 0.311 e. The van der Waals surface area contributed by atoms with E-state index in [4.69, 9.17) is 0 Å². The highest BCUT2D eigenvalue weighted by Crippen LogP contribution is 2.31. The molecule has 0 bridgehead atoms. The van der Waals surface area contributed by atoms with Crippen LogP contribution >= 0.6 is 11.8 Å². The lowest BCUT2D eigenvalue weighted by atomic mass is 9.93. The standard InChI is InChI=1S/C24H30O6S/c25-21-13-3-1-9-17(21)19(23(27)28)11-5-7-15-31-16-8-6-12-20(24(29)30)18-10-2-4-14-22(18)26/h1-4,9-10,13-14,19-20,25-26H,5-8,11-12,15-16H2,(H,27,28)(H,29,30). The van der Waals surface area contributed by atoms with E-state index in [1.807, 2.05) is 0 Å². The number of para-hydroxylation sites is 2. The number of rotatable bonds is 14. The van der Waals surface area contributed by atoms with Gasteiger partial charge in [0.05, 0.1) is 11.8 Å².